The maximum absolute atomic E-state index is 9.29. The van der Waals surface area contributed by atoms with Crippen LogP contribution in [0.25, 0.3) is 16.8 Å². The number of nitriles is 1. The summed E-state index contributed by atoms with van der Waals surface area (Å²) in [6, 6.07) is 4.50. The summed E-state index contributed by atoms with van der Waals surface area (Å²) in [5.41, 5.74) is 4.44. The molecular formula is C20H23N7O. The van der Waals surface area contributed by atoms with Crippen molar-refractivity contribution in [3.8, 4) is 23.1 Å². The number of piperidine rings is 1. The Bertz CT molecular complexity index is 1080. The molecule has 0 bridgehead atoms. The standard InChI is InChI=1S/C20H23N7O/c1-13-18(14-7-17(28-2)19-15(10-21)11-23-26(19)12-14)24-25-27(13)16-8-20(9-16)3-5-22-6-4-20/h7,11-12,16,22H,3-6,8-9H2,1-2H3. The minimum Gasteiger partial charge on any atom is -0.494 e. The number of ether oxygens (including phenoxy) is 1. The summed E-state index contributed by atoms with van der Waals surface area (Å²) in [5, 5.41) is 26.0. The molecule has 3 aromatic heterocycles. The molecular weight excluding hydrogens is 354 g/mol. The van der Waals surface area contributed by atoms with Crippen molar-refractivity contribution in [1.29, 1.82) is 5.26 Å². The summed E-state index contributed by atoms with van der Waals surface area (Å²) in [4.78, 5) is 0. The zero-order valence-corrected chi connectivity index (χ0v) is 16.1. The van der Waals surface area contributed by atoms with Crippen molar-refractivity contribution in [2.75, 3.05) is 20.2 Å². The summed E-state index contributed by atoms with van der Waals surface area (Å²) < 4.78 is 9.28. The van der Waals surface area contributed by atoms with Crippen LogP contribution < -0.4 is 10.1 Å². The third kappa shape index (κ3) is 2.50. The van der Waals surface area contributed by atoms with Crippen molar-refractivity contribution in [1.82, 2.24) is 29.9 Å². The molecule has 144 valence electrons. The molecule has 1 saturated heterocycles. The van der Waals surface area contributed by atoms with Gasteiger partial charge in [0, 0.05) is 11.8 Å². The Balaban J connectivity index is 1.47. The van der Waals surface area contributed by atoms with Crippen LogP contribution in [0.3, 0.4) is 0 Å². The summed E-state index contributed by atoms with van der Waals surface area (Å²) in [6.45, 7) is 4.33. The Morgan fingerprint density at radius 2 is 2.11 bits per heavy atom. The third-order valence-electron chi connectivity index (χ3n) is 6.47. The number of nitrogens with zero attached hydrogens (tertiary/aromatic N) is 6. The molecule has 1 saturated carbocycles. The number of hydrogen-bond donors (Lipinski definition) is 1. The van der Waals surface area contributed by atoms with Gasteiger partial charge < -0.3 is 10.1 Å². The van der Waals surface area contributed by atoms with Gasteiger partial charge in [-0.2, -0.15) is 10.4 Å². The molecule has 2 fully saturated rings. The number of methoxy groups -OCH3 is 1. The van der Waals surface area contributed by atoms with E-state index in [1.807, 2.05) is 12.3 Å². The van der Waals surface area contributed by atoms with E-state index in [0.29, 0.717) is 28.3 Å². The monoisotopic (exact) mass is 377 g/mol. The number of rotatable bonds is 3. The van der Waals surface area contributed by atoms with Crippen LogP contribution in [0.5, 0.6) is 5.75 Å². The Kier molecular flexibility index (Phi) is 3.88. The van der Waals surface area contributed by atoms with E-state index in [0.717, 1.165) is 30.0 Å². The quantitative estimate of drug-likeness (QED) is 0.754. The lowest BCUT2D eigenvalue weighted by Crippen LogP contribution is -2.46. The van der Waals surface area contributed by atoms with E-state index in [1.165, 1.54) is 25.7 Å². The minimum atomic E-state index is 0.430. The van der Waals surface area contributed by atoms with Gasteiger partial charge in [0.15, 0.2) is 0 Å². The summed E-state index contributed by atoms with van der Waals surface area (Å²) in [7, 11) is 1.60. The zero-order chi connectivity index (χ0) is 19.3. The number of aromatic nitrogens is 5. The topological polar surface area (TPSA) is 93.1 Å². The van der Waals surface area contributed by atoms with Gasteiger partial charge in [-0.25, -0.2) is 9.20 Å². The van der Waals surface area contributed by atoms with Crippen molar-refractivity contribution in [3.63, 3.8) is 0 Å². The predicted octanol–water partition coefficient (Wildman–Crippen LogP) is 2.49. The predicted molar refractivity (Wildman–Crippen MR) is 103 cm³/mol. The number of hydrogen-bond acceptors (Lipinski definition) is 6. The maximum atomic E-state index is 9.29. The lowest BCUT2D eigenvalue weighted by atomic mass is 9.60. The zero-order valence-electron chi connectivity index (χ0n) is 16.1. The molecule has 1 aliphatic heterocycles. The largest absolute Gasteiger partial charge is 0.494 e. The lowest BCUT2D eigenvalue weighted by Gasteiger charge is -2.50. The van der Waals surface area contributed by atoms with Gasteiger partial charge in [-0.05, 0) is 57.2 Å². The second kappa shape index (κ2) is 6.31. The van der Waals surface area contributed by atoms with E-state index in [2.05, 4.69) is 38.4 Å². The van der Waals surface area contributed by atoms with Crippen LogP contribution in [0.15, 0.2) is 18.5 Å². The fourth-order valence-corrected chi connectivity index (χ4v) is 4.88. The average Bonchev–Trinajstić information content (AvgIpc) is 3.29. The average molecular weight is 377 g/mol. The van der Waals surface area contributed by atoms with E-state index in [-0.39, 0.29) is 0 Å². The van der Waals surface area contributed by atoms with E-state index in [1.54, 1.807) is 17.8 Å². The number of nitrogens with one attached hydrogen (secondary N) is 1. The van der Waals surface area contributed by atoms with Gasteiger partial charge in [-0.15, -0.1) is 5.10 Å². The highest BCUT2D eigenvalue weighted by molar-refractivity contribution is 5.74. The van der Waals surface area contributed by atoms with Crippen LogP contribution in [-0.2, 0) is 0 Å². The van der Waals surface area contributed by atoms with Crippen molar-refractivity contribution >= 4 is 5.52 Å². The van der Waals surface area contributed by atoms with Crippen LogP contribution in [0.1, 0.15) is 43.0 Å². The van der Waals surface area contributed by atoms with Gasteiger partial charge >= 0.3 is 0 Å². The molecule has 8 nitrogen and oxygen atoms in total. The second-order valence-corrected chi connectivity index (χ2v) is 8.04. The minimum absolute atomic E-state index is 0.430. The third-order valence-corrected chi connectivity index (χ3v) is 6.47. The first-order chi connectivity index (χ1) is 13.6. The van der Waals surface area contributed by atoms with Gasteiger partial charge in [-0.3, -0.25) is 0 Å². The van der Waals surface area contributed by atoms with E-state index >= 15 is 0 Å². The molecule has 0 radical (unpaired) electrons. The van der Waals surface area contributed by atoms with Crippen molar-refractivity contribution in [3.05, 3.63) is 29.7 Å². The number of fused-ring (bicyclic) bond motifs is 1. The molecule has 2 aliphatic rings. The molecule has 1 N–H and O–H groups in total. The van der Waals surface area contributed by atoms with Crippen molar-refractivity contribution < 1.29 is 4.74 Å². The van der Waals surface area contributed by atoms with Crippen molar-refractivity contribution in [2.24, 2.45) is 5.41 Å². The molecule has 1 spiro atoms. The van der Waals surface area contributed by atoms with Gasteiger partial charge in [0.2, 0.25) is 0 Å². The highest BCUT2D eigenvalue weighted by Crippen LogP contribution is 2.54. The first kappa shape index (κ1) is 17.2. The van der Waals surface area contributed by atoms with Gasteiger partial charge in [0.25, 0.3) is 0 Å². The van der Waals surface area contributed by atoms with E-state index < -0.39 is 0 Å². The molecule has 4 heterocycles. The fraction of sp³-hybridized carbons (Fsp3) is 0.500. The van der Waals surface area contributed by atoms with Gasteiger partial charge in [0.1, 0.15) is 28.6 Å². The summed E-state index contributed by atoms with van der Waals surface area (Å²) in [6.07, 6.45) is 8.33. The molecule has 28 heavy (non-hydrogen) atoms. The highest BCUT2D eigenvalue weighted by Gasteiger charge is 2.46. The van der Waals surface area contributed by atoms with Gasteiger partial charge in [-0.1, -0.05) is 5.21 Å². The Morgan fingerprint density at radius 3 is 2.82 bits per heavy atom. The van der Waals surface area contributed by atoms with Crippen LogP contribution in [0, 0.1) is 23.7 Å². The lowest BCUT2D eigenvalue weighted by molar-refractivity contribution is 0.0212. The highest BCUT2D eigenvalue weighted by atomic mass is 16.5. The first-order valence-electron chi connectivity index (χ1n) is 9.72. The molecule has 0 atom stereocenters. The molecule has 8 heteroatoms. The number of pyridine rings is 1. The molecule has 1 aliphatic carbocycles. The molecule has 3 aromatic rings. The molecule has 5 rings (SSSR count). The first-order valence-corrected chi connectivity index (χ1v) is 9.72. The SMILES string of the molecule is COc1cc(-c2nnn(C3CC4(CCNCC4)C3)c2C)cn2ncc(C#N)c12. The van der Waals surface area contributed by atoms with Crippen LogP contribution in [0.2, 0.25) is 0 Å². The molecule has 0 aromatic carbocycles. The van der Waals surface area contributed by atoms with E-state index in [9.17, 15) is 5.26 Å². The van der Waals surface area contributed by atoms with Crippen LogP contribution in [-0.4, -0.2) is 44.8 Å². The fourth-order valence-electron chi connectivity index (χ4n) is 4.88. The Morgan fingerprint density at radius 1 is 1.32 bits per heavy atom. The van der Waals surface area contributed by atoms with Gasteiger partial charge in [0.05, 0.1) is 25.0 Å². The van der Waals surface area contributed by atoms with Crippen LogP contribution in [0.4, 0.5) is 0 Å². The normalized spacial score (nSPS) is 18.9. The summed E-state index contributed by atoms with van der Waals surface area (Å²) >= 11 is 0. The van der Waals surface area contributed by atoms with Crippen LogP contribution >= 0.6 is 0 Å². The van der Waals surface area contributed by atoms with E-state index in [4.69, 9.17) is 4.74 Å². The maximum Gasteiger partial charge on any atom is 0.146 e. The Hall–Kier alpha value is -2.92. The molecule has 0 unspecified atom stereocenters. The molecule has 0 amide bonds. The smallest absolute Gasteiger partial charge is 0.146 e. The summed E-state index contributed by atoms with van der Waals surface area (Å²) in [5.74, 6) is 0.609. The second-order valence-electron chi connectivity index (χ2n) is 8.04. The van der Waals surface area contributed by atoms with Crippen molar-refractivity contribution in [2.45, 2.75) is 38.6 Å². The Labute approximate surface area is 163 Å².